The van der Waals surface area contributed by atoms with Crippen molar-refractivity contribution >= 4 is 5.91 Å². The molecule has 3 aliphatic rings. The summed E-state index contributed by atoms with van der Waals surface area (Å²) in [6.45, 7) is 3.90. The van der Waals surface area contributed by atoms with Crippen LogP contribution in [0.2, 0.25) is 0 Å². The van der Waals surface area contributed by atoms with Gasteiger partial charge in [-0.1, -0.05) is 6.92 Å². The highest BCUT2D eigenvalue weighted by molar-refractivity contribution is 5.77. The molecule has 1 aliphatic carbocycles. The first-order valence-electron chi connectivity index (χ1n) is 9.87. The van der Waals surface area contributed by atoms with Crippen LogP contribution in [0, 0.1) is 0 Å². The van der Waals surface area contributed by atoms with E-state index in [4.69, 9.17) is 19.6 Å². The van der Waals surface area contributed by atoms with Crippen LogP contribution in [-0.2, 0) is 4.79 Å². The second-order valence-electron chi connectivity index (χ2n) is 7.63. The lowest BCUT2D eigenvalue weighted by molar-refractivity contribution is -0.133. The topological polar surface area (TPSA) is 69.5 Å². The van der Waals surface area contributed by atoms with Gasteiger partial charge in [0, 0.05) is 37.4 Å². The summed E-state index contributed by atoms with van der Waals surface area (Å²) in [5.74, 6) is 4.35. The van der Waals surface area contributed by atoms with Gasteiger partial charge in [-0.05, 0) is 37.8 Å². The molecule has 1 amide bonds. The van der Waals surface area contributed by atoms with Crippen molar-refractivity contribution in [2.75, 3.05) is 19.9 Å². The first-order valence-corrected chi connectivity index (χ1v) is 9.87. The molecule has 1 saturated heterocycles. The van der Waals surface area contributed by atoms with Gasteiger partial charge in [-0.2, -0.15) is 5.10 Å². The Balaban J connectivity index is 1.51. The molecular formula is C20H24N4O3. The Morgan fingerprint density at radius 2 is 2.00 bits per heavy atom. The first-order chi connectivity index (χ1) is 13.2. The Labute approximate surface area is 158 Å². The van der Waals surface area contributed by atoms with Crippen molar-refractivity contribution in [1.82, 2.24) is 19.7 Å². The predicted molar refractivity (Wildman–Crippen MR) is 98.3 cm³/mol. The molecule has 142 valence electrons. The number of ether oxygens (including phenoxy) is 2. The monoisotopic (exact) mass is 368 g/mol. The largest absolute Gasteiger partial charge is 0.454 e. The van der Waals surface area contributed by atoms with Gasteiger partial charge in [0.1, 0.15) is 5.82 Å². The van der Waals surface area contributed by atoms with Gasteiger partial charge in [0.2, 0.25) is 12.7 Å². The molecule has 1 aromatic heterocycles. The van der Waals surface area contributed by atoms with Crippen LogP contribution in [-0.4, -0.2) is 45.5 Å². The maximum atomic E-state index is 12.2. The fourth-order valence-electron chi connectivity index (χ4n) is 3.94. The number of likely N-dealkylation sites (tertiary alicyclic amines) is 1. The zero-order valence-electron chi connectivity index (χ0n) is 15.6. The normalized spacial score (nSPS) is 21.7. The Bertz CT molecular complexity index is 874. The van der Waals surface area contributed by atoms with Crippen molar-refractivity contribution in [1.29, 1.82) is 0 Å². The average Bonchev–Trinajstić information content (AvgIpc) is 3.26. The van der Waals surface area contributed by atoms with E-state index in [0.717, 1.165) is 67.6 Å². The number of piperidine rings is 1. The summed E-state index contributed by atoms with van der Waals surface area (Å²) in [4.78, 5) is 19.1. The number of amides is 1. The number of benzene rings is 1. The first kappa shape index (κ1) is 16.6. The standard InChI is InChI=1S/C20H24N4O3/c1-2-9-23-11-14(5-8-18(23)25)20-21-19(13-3-4-13)22-24(20)15-6-7-16-17(10-15)27-12-26-16/h6-7,10,13-14H,2-5,8-9,11-12H2,1H3. The van der Waals surface area contributed by atoms with Crippen molar-refractivity contribution in [2.24, 2.45) is 0 Å². The van der Waals surface area contributed by atoms with Crippen LogP contribution in [0.5, 0.6) is 11.5 Å². The Morgan fingerprint density at radius 1 is 1.15 bits per heavy atom. The summed E-state index contributed by atoms with van der Waals surface area (Å²) in [7, 11) is 0. The van der Waals surface area contributed by atoms with E-state index >= 15 is 0 Å². The molecule has 1 aromatic carbocycles. The molecule has 2 aromatic rings. The molecule has 1 saturated carbocycles. The van der Waals surface area contributed by atoms with E-state index in [0.29, 0.717) is 12.3 Å². The zero-order chi connectivity index (χ0) is 18.4. The highest BCUT2D eigenvalue weighted by Gasteiger charge is 2.34. The Hall–Kier alpha value is -2.57. The fraction of sp³-hybridized carbons (Fsp3) is 0.550. The number of fused-ring (bicyclic) bond motifs is 1. The number of nitrogens with zero attached hydrogens (tertiary/aromatic N) is 4. The molecule has 2 aliphatic heterocycles. The van der Waals surface area contributed by atoms with Crippen LogP contribution >= 0.6 is 0 Å². The van der Waals surface area contributed by atoms with Crippen molar-refractivity contribution in [3.05, 3.63) is 29.8 Å². The molecule has 0 spiro atoms. The number of carbonyl (C=O) groups is 1. The second kappa shape index (κ2) is 6.55. The van der Waals surface area contributed by atoms with Crippen LogP contribution in [0.15, 0.2) is 18.2 Å². The summed E-state index contributed by atoms with van der Waals surface area (Å²) >= 11 is 0. The molecule has 27 heavy (non-hydrogen) atoms. The van der Waals surface area contributed by atoms with Crippen LogP contribution in [0.25, 0.3) is 5.69 Å². The van der Waals surface area contributed by atoms with Gasteiger partial charge in [0.25, 0.3) is 0 Å². The zero-order valence-corrected chi connectivity index (χ0v) is 15.6. The summed E-state index contributed by atoms with van der Waals surface area (Å²) in [5.41, 5.74) is 0.938. The van der Waals surface area contributed by atoms with Gasteiger partial charge in [-0.15, -0.1) is 0 Å². The van der Waals surface area contributed by atoms with Crippen molar-refractivity contribution < 1.29 is 14.3 Å². The van der Waals surface area contributed by atoms with Gasteiger partial charge in [-0.3, -0.25) is 4.79 Å². The smallest absolute Gasteiger partial charge is 0.231 e. The lowest BCUT2D eigenvalue weighted by atomic mass is 9.96. The van der Waals surface area contributed by atoms with Gasteiger partial charge >= 0.3 is 0 Å². The van der Waals surface area contributed by atoms with Crippen molar-refractivity contribution in [3.8, 4) is 17.2 Å². The van der Waals surface area contributed by atoms with Crippen molar-refractivity contribution in [2.45, 2.75) is 50.9 Å². The Morgan fingerprint density at radius 3 is 2.81 bits per heavy atom. The maximum absolute atomic E-state index is 12.2. The van der Waals surface area contributed by atoms with E-state index < -0.39 is 0 Å². The molecule has 0 bridgehead atoms. The van der Waals surface area contributed by atoms with Crippen LogP contribution in [0.4, 0.5) is 0 Å². The number of hydrogen-bond donors (Lipinski definition) is 0. The molecule has 0 N–H and O–H groups in total. The molecule has 7 heteroatoms. The minimum Gasteiger partial charge on any atom is -0.454 e. The number of hydrogen-bond acceptors (Lipinski definition) is 5. The van der Waals surface area contributed by atoms with Crippen LogP contribution < -0.4 is 9.47 Å². The molecule has 5 rings (SSSR count). The minimum absolute atomic E-state index is 0.208. The van der Waals surface area contributed by atoms with E-state index in [1.54, 1.807) is 0 Å². The SMILES string of the molecule is CCCN1CC(c2nc(C3CC3)nn2-c2ccc3c(c2)OCO3)CCC1=O. The predicted octanol–water partition coefficient (Wildman–Crippen LogP) is 2.99. The number of aromatic nitrogens is 3. The maximum Gasteiger partial charge on any atom is 0.231 e. The highest BCUT2D eigenvalue weighted by atomic mass is 16.7. The van der Waals surface area contributed by atoms with Gasteiger partial charge in [0.05, 0.1) is 5.69 Å². The third-order valence-electron chi connectivity index (χ3n) is 5.55. The summed E-state index contributed by atoms with van der Waals surface area (Å²) in [6, 6.07) is 5.89. The summed E-state index contributed by atoms with van der Waals surface area (Å²) in [5, 5.41) is 4.84. The highest BCUT2D eigenvalue weighted by Crippen LogP contribution is 2.40. The minimum atomic E-state index is 0.208. The molecule has 3 heterocycles. The third-order valence-corrected chi connectivity index (χ3v) is 5.55. The fourth-order valence-corrected chi connectivity index (χ4v) is 3.94. The van der Waals surface area contributed by atoms with Crippen LogP contribution in [0.3, 0.4) is 0 Å². The molecule has 1 unspecified atom stereocenters. The quantitative estimate of drug-likeness (QED) is 0.811. The second-order valence-corrected chi connectivity index (χ2v) is 7.63. The van der Waals surface area contributed by atoms with E-state index in [1.165, 1.54) is 0 Å². The van der Waals surface area contributed by atoms with E-state index in [-0.39, 0.29) is 18.6 Å². The number of carbonyl (C=O) groups excluding carboxylic acids is 1. The van der Waals surface area contributed by atoms with E-state index in [1.807, 2.05) is 27.8 Å². The molecule has 0 radical (unpaired) electrons. The van der Waals surface area contributed by atoms with E-state index in [2.05, 4.69) is 6.92 Å². The molecule has 1 atom stereocenters. The lowest BCUT2D eigenvalue weighted by Gasteiger charge is -2.32. The third kappa shape index (κ3) is 3.05. The molecular weight excluding hydrogens is 344 g/mol. The van der Waals surface area contributed by atoms with Crippen molar-refractivity contribution in [3.63, 3.8) is 0 Å². The number of rotatable bonds is 5. The van der Waals surface area contributed by atoms with E-state index in [9.17, 15) is 4.79 Å². The molecule has 7 nitrogen and oxygen atoms in total. The van der Waals surface area contributed by atoms with Crippen LogP contribution in [0.1, 0.15) is 62.5 Å². The van der Waals surface area contributed by atoms with Gasteiger partial charge in [0.15, 0.2) is 17.3 Å². The average molecular weight is 368 g/mol. The molecule has 2 fully saturated rings. The lowest BCUT2D eigenvalue weighted by Crippen LogP contribution is -2.40. The summed E-state index contributed by atoms with van der Waals surface area (Å²) < 4.78 is 12.9. The van der Waals surface area contributed by atoms with Gasteiger partial charge < -0.3 is 14.4 Å². The Kier molecular flexibility index (Phi) is 4.02. The summed E-state index contributed by atoms with van der Waals surface area (Å²) in [6.07, 6.45) is 4.70. The van der Waals surface area contributed by atoms with Gasteiger partial charge in [-0.25, -0.2) is 9.67 Å².